The summed E-state index contributed by atoms with van der Waals surface area (Å²) in [6, 6.07) is 4.78. The lowest BCUT2D eigenvalue weighted by Gasteiger charge is -2.51. The molecule has 1 aromatic carbocycles. The van der Waals surface area contributed by atoms with Crippen molar-refractivity contribution in [2.24, 2.45) is 5.41 Å². The average Bonchev–Trinajstić information content (AvgIpc) is 2.61. The molecule has 1 amide bonds. The number of methoxy groups -OCH3 is 1. The van der Waals surface area contributed by atoms with Crippen LogP contribution in [0.4, 0.5) is 0 Å². The summed E-state index contributed by atoms with van der Waals surface area (Å²) in [6.07, 6.45) is 2.00. The van der Waals surface area contributed by atoms with E-state index in [1.54, 1.807) is 23.1 Å². The first-order valence-corrected chi connectivity index (χ1v) is 8.83. The SMILES string of the molecule is COc1ccc(Cl)cc1C(=O)N1CC[C@@]2(C(=O)O)CCCN(C)[C@@H]2C1. The number of likely N-dealkylation sites (N-methyl/N-ethyl adjacent to an activating group) is 1. The zero-order chi connectivity index (χ0) is 18.2. The summed E-state index contributed by atoms with van der Waals surface area (Å²) < 4.78 is 5.29. The molecule has 1 aromatic rings. The minimum absolute atomic E-state index is 0.169. The van der Waals surface area contributed by atoms with Gasteiger partial charge in [-0.05, 0) is 51.1 Å². The Morgan fingerprint density at radius 2 is 2.08 bits per heavy atom. The summed E-state index contributed by atoms with van der Waals surface area (Å²) in [6.45, 7) is 1.67. The van der Waals surface area contributed by atoms with Crippen molar-refractivity contribution in [3.05, 3.63) is 28.8 Å². The number of rotatable bonds is 3. The Morgan fingerprint density at radius 1 is 1.32 bits per heavy atom. The highest BCUT2D eigenvalue weighted by molar-refractivity contribution is 6.31. The average molecular weight is 367 g/mol. The van der Waals surface area contributed by atoms with Crippen LogP contribution in [0.1, 0.15) is 29.6 Å². The lowest BCUT2D eigenvalue weighted by molar-refractivity contribution is -0.161. The van der Waals surface area contributed by atoms with Gasteiger partial charge < -0.3 is 19.6 Å². The van der Waals surface area contributed by atoms with Crippen LogP contribution < -0.4 is 4.74 Å². The molecule has 0 aliphatic carbocycles. The number of nitrogens with zero attached hydrogens (tertiary/aromatic N) is 2. The van der Waals surface area contributed by atoms with E-state index in [2.05, 4.69) is 4.90 Å². The third-order valence-corrected chi connectivity index (χ3v) is 5.86. The lowest BCUT2D eigenvalue weighted by Crippen LogP contribution is -2.63. The van der Waals surface area contributed by atoms with Gasteiger partial charge >= 0.3 is 5.97 Å². The number of carboxylic acid groups (broad SMARTS) is 1. The molecule has 7 heteroatoms. The van der Waals surface area contributed by atoms with E-state index in [1.165, 1.54) is 7.11 Å². The molecular formula is C18H23ClN2O4. The van der Waals surface area contributed by atoms with Gasteiger partial charge in [0.2, 0.25) is 0 Å². The fourth-order valence-corrected chi connectivity index (χ4v) is 4.36. The van der Waals surface area contributed by atoms with Crippen LogP contribution in [0, 0.1) is 5.41 Å². The quantitative estimate of drug-likeness (QED) is 0.889. The van der Waals surface area contributed by atoms with E-state index >= 15 is 0 Å². The van der Waals surface area contributed by atoms with Gasteiger partial charge in [-0.2, -0.15) is 0 Å². The molecule has 0 unspecified atom stereocenters. The zero-order valence-electron chi connectivity index (χ0n) is 14.5. The fraction of sp³-hybridized carbons (Fsp3) is 0.556. The van der Waals surface area contributed by atoms with Crippen molar-refractivity contribution < 1.29 is 19.4 Å². The van der Waals surface area contributed by atoms with Gasteiger partial charge in [0, 0.05) is 24.2 Å². The summed E-state index contributed by atoms with van der Waals surface area (Å²) in [4.78, 5) is 28.8. The number of carboxylic acids is 1. The molecule has 1 N–H and O–H groups in total. The number of piperidine rings is 2. The van der Waals surface area contributed by atoms with E-state index in [-0.39, 0.29) is 11.9 Å². The maximum absolute atomic E-state index is 13.0. The van der Waals surface area contributed by atoms with Crippen LogP contribution in [-0.2, 0) is 4.79 Å². The number of benzene rings is 1. The van der Waals surface area contributed by atoms with E-state index in [1.807, 2.05) is 7.05 Å². The van der Waals surface area contributed by atoms with Crippen molar-refractivity contribution in [3.8, 4) is 5.75 Å². The number of carbonyl (C=O) groups is 2. The van der Waals surface area contributed by atoms with Gasteiger partial charge in [-0.3, -0.25) is 9.59 Å². The highest BCUT2D eigenvalue weighted by Crippen LogP contribution is 2.42. The second kappa shape index (κ2) is 6.84. The topological polar surface area (TPSA) is 70.1 Å². The maximum Gasteiger partial charge on any atom is 0.311 e. The lowest BCUT2D eigenvalue weighted by atomic mass is 9.68. The number of amides is 1. The van der Waals surface area contributed by atoms with Crippen LogP contribution in [0.5, 0.6) is 5.75 Å². The largest absolute Gasteiger partial charge is 0.496 e. The predicted octanol–water partition coefficient (Wildman–Crippen LogP) is 2.36. The Hall–Kier alpha value is -1.79. The smallest absolute Gasteiger partial charge is 0.311 e. The van der Waals surface area contributed by atoms with E-state index < -0.39 is 11.4 Å². The number of carbonyl (C=O) groups excluding carboxylic acids is 1. The highest BCUT2D eigenvalue weighted by Gasteiger charge is 2.52. The van der Waals surface area contributed by atoms with Gasteiger partial charge in [-0.15, -0.1) is 0 Å². The molecule has 136 valence electrons. The van der Waals surface area contributed by atoms with Gasteiger partial charge in [0.05, 0.1) is 18.1 Å². The number of hydrogen-bond donors (Lipinski definition) is 1. The number of likely N-dealkylation sites (tertiary alicyclic amines) is 2. The van der Waals surface area contributed by atoms with Crippen molar-refractivity contribution in [2.45, 2.75) is 25.3 Å². The summed E-state index contributed by atoms with van der Waals surface area (Å²) in [7, 11) is 3.45. The second-order valence-electron chi connectivity index (χ2n) is 6.91. The van der Waals surface area contributed by atoms with Gasteiger partial charge in [0.15, 0.2) is 0 Å². The first-order valence-electron chi connectivity index (χ1n) is 8.45. The normalized spacial score (nSPS) is 26.8. The molecular weight excluding hydrogens is 344 g/mol. The van der Waals surface area contributed by atoms with E-state index in [9.17, 15) is 14.7 Å². The molecule has 3 rings (SSSR count). The van der Waals surface area contributed by atoms with Crippen molar-refractivity contribution in [1.82, 2.24) is 9.80 Å². The van der Waals surface area contributed by atoms with Crippen LogP contribution in [-0.4, -0.2) is 66.6 Å². The van der Waals surface area contributed by atoms with Gasteiger partial charge in [0.25, 0.3) is 5.91 Å². The molecule has 0 radical (unpaired) electrons. The van der Waals surface area contributed by atoms with Gasteiger partial charge in [0.1, 0.15) is 5.75 Å². The molecule has 0 bridgehead atoms. The van der Waals surface area contributed by atoms with Crippen LogP contribution in [0.2, 0.25) is 5.02 Å². The number of fused-ring (bicyclic) bond motifs is 1. The molecule has 2 aliphatic rings. The highest BCUT2D eigenvalue weighted by atomic mass is 35.5. The summed E-state index contributed by atoms with van der Waals surface area (Å²) in [5.74, 6) is -0.449. The number of hydrogen-bond acceptors (Lipinski definition) is 4. The molecule has 2 fully saturated rings. The standard InChI is InChI=1S/C18H23ClN2O4/c1-20-8-3-6-18(17(23)24)7-9-21(11-15(18)20)16(22)13-10-12(19)4-5-14(13)25-2/h4-5,10,15H,3,6-9,11H2,1-2H3,(H,23,24)/t15-,18+/m1/s1. The van der Waals surface area contributed by atoms with Crippen LogP contribution in [0.25, 0.3) is 0 Å². The van der Waals surface area contributed by atoms with Crippen LogP contribution in [0.15, 0.2) is 18.2 Å². The molecule has 2 saturated heterocycles. The number of halogens is 1. The van der Waals surface area contributed by atoms with E-state index in [0.29, 0.717) is 42.3 Å². The second-order valence-corrected chi connectivity index (χ2v) is 7.34. The maximum atomic E-state index is 13.0. The Labute approximate surface area is 152 Å². The number of ether oxygens (including phenoxy) is 1. The molecule has 6 nitrogen and oxygen atoms in total. The molecule has 0 spiro atoms. The predicted molar refractivity (Wildman–Crippen MR) is 94.2 cm³/mol. The zero-order valence-corrected chi connectivity index (χ0v) is 15.3. The molecule has 2 heterocycles. The van der Waals surface area contributed by atoms with Crippen LogP contribution in [0.3, 0.4) is 0 Å². The molecule has 25 heavy (non-hydrogen) atoms. The van der Waals surface area contributed by atoms with E-state index in [0.717, 1.165) is 13.0 Å². The minimum Gasteiger partial charge on any atom is -0.496 e. The molecule has 2 atom stereocenters. The third-order valence-electron chi connectivity index (χ3n) is 5.63. The first-order chi connectivity index (χ1) is 11.9. The van der Waals surface area contributed by atoms with Gasteiger partial charge in [-0.25, -0.2) is 0 Å². The van der Waals surface area contributed by atoms with Gasteiger partial charge in [-0.1, -0.05) is 11.6 Å². The van der Waals surface area contributed by atoms with Crippen molar-refractivity contribution in [1.29, 1.82) is 0 Å². The first kappa shape index (κ1) is 18.0. The number of aliphatic carboxylic acids is 1. The third kappa shape index (κ3) is 3.09. The molecule has 0 saturated carbocycles. The molecule has 0 aromatic heterocycles. The van der Waals surface area contributed by atoms with Crippen LogP contribution >= 0.6 is 11.6 Å². The Bertz CT molecular complexity index is 696. The van der Waals surface area contributed by atoms with Crippen molar-refractivity contribution in [3.63, 3.8) is 0 Å². The monoisotopic (exact) mass is 366 g/mol. The Morgan fingerprint density at radius 3 is 2.76 bits per heavy atom. The Balaban J connectivity index is 1.87. The molecule has 2 aliphatic heterocycles. The van der Waals surface area contributed by atoms with Crippen molar-refractivity contribution in [2.75, 3.05) is 33.8 Å². The summed E-state index contributed by atoms with van der Waals surface area (Å²) in [5, 5.41) is 10.3. The minimum atomic E-state index is -0.762. The van der Waals surface area contributed by atoms with E-state index in [4.69, 9.17) is 16.3 Å². The van der Waals surface area contributed by atoms with Crippen molar-refractivity contribution >= 4 is 23.5 Å². The fourth-order valence-electron chi connectivity index (χ4n) is 4.19. The summed E-state index contributed by atoms with van der Waals surface area (Å²) in [5.41, 5.74) is -0.348. The summed E-state index contributed by atoms with van der Waals surface area (Å²) >= 11 is 6.04. The Kier molecular flexibility index (Phi) is 4.93.